The highest BCUT2D eigenvalue weighted by Crippen LogP contribution is 2.13. The quantitative estimate of drug-likeness (QED) is 0.582. The van der Waals surface area contributed by atoms with Gasteiger partial charge in [-0.1, -0.05) is 0 Å². The number of alkyl halides is 3. The zero-order valence-electron chi connectivity index (χ0n) is 6.39. The Labute approximate surface area is 68.1 Å². The topological polar surface area (TPSA) is 38.4 Å². The van der Waals surface area contributed by atoms with Gasteiger partial charge in [-0.05, 0) is 0 Å². The Morgan fingerprint density at radius 2 is 1.58 bits per heavy atom. The molecule has 3 nitrogen and oxygen atoms in total. The fourth-order valence-corrected chi connectivity index (χ4v) is 0.467. The lowest BCUT2D eigenvalue weighted by Crippen LogP contribution is -2.19. The highest BCUT2D eigenvalue weighted by Gasteiger charge is 2.27. The van der Waals surface area contributed by atoms with Crippen LogP contribution in [0.3, 0.4) is 0 Å². The number of halogens is 3. The lowest BCUT2D eigenvalue weighted by atomic mass is 10.7. The first kappa shape index (κ1) is 11.7. The van der Waals surface area contributed by atoms with E-state index in [0.717, 1.165) is 0 Å². The Kier molecular flexibility index (Phi) is 6.04. The van der Waals surface area contributed by atoms with Gasteiger partial charge in [0.15, 0.2) is 0 Å². The van der Waals surface area contributed by atoms with Gasteiger partial charge < -0.3 is 9.47 Å². The summed E-state index contributed by atoms with van der Waals surface area (Å²) in [5.41, 5.74) is 0. The highest BCUT2D eigenvalue weighted by molar-refractivity contribution is 4.44. The van der Waals surface area contributed by atoms with Crippen molar-refractivity contribution in [1.82, 2.24) is 0 Å². The van der Waals surface area contributed by atoms with Crippen LogP contribution in [0.25, 0.3) is 0 Å². The molecule has 0 saturated carbocycles. The van der Waals surface area contributed by atoms with E-state index in [9.17, 15) is 18.3 Å². The van der Waals surface area contributed by atoms with Crippen LogP contribution in [0, 0.1) is 0 Å². The molecule has 0 N–H and O–H groups in total. The largest absolute Gasteiger partial charge is 0.411 e. The molecule has 0 heterocycles. The molecule has 1 radical (unpaired) electrons. The Morgan fingerprint density at radius 1 is 1.00 bits per heavy atom. The van der Waals surface area contributed by atoms with Crippen LogP contribution in [0.5, 0.6) is 0 Å². The van der Waals surface area contributed by atoms with Gasteiger partial charge in [0, 0.05) is 0 Å². The standard InChI is InChI=1S/C6H10F3O3/c7-6(8,9)5-12-4-3-11-2-1-10/h1-5H2. The van der Waals surface area contributed by atoms with Crippen molar-refractivity contribution in [2.75, 3.05) is 33.0 Å². The molecule has 0 fully saturated rings. The van der Waals surface area contributed by atoms with Crippen LogP contribution < -0.4 is 0 Å². The third kappa shape index (κ3) is 9.67. The van der Waals surface area contributed by atoms with Gasteiger partial charge in [0.05, 0.1) is 19.8 Å². The molecule has 0 aliphatic heterocycles. The maximum Gasteiger partial charge on any atom is 0.411 e. The van der Waals surface area contributed by atoms with Crippen LogP contribution in [-0.4, -0.2) is 39.2 Å². The summed E-state index contributed by atoms with van der Waals surface area (Å²) >= 11 is 0. The smallest absolute Gasteiger partial charge is 0.377 e. The molecule has 0 bridgehead atoms. The molecule has 0 spiro atoms. The minimum atomic E-state index is -4.29. The van der Waals surface area contributed by atoms with Gasteiger partial charge in [0.2, 0.25) is 0 Å². The van der Waals surface area contributed by atoms with Crippen LogP contribution in [0.2, 0.25) is 0 Å². The Morgan fingerprint density at radius 3 is 2.08 bits per heavy atom. The van der Waals surface area contributed by atoms with E-state index in [4.69, 9.17) is 0 Å². The van der Waals surface area contributed by atoms with Gasteiger partial charge in [0.25, 0.3) is 0 Å². The predicted octanol–water partition coefficient (Wildman–Crippen LogP) is 1.01. The predicted molar refractivity (Wildman–Crippen MR) is 33.2 cm³/mol. The zero-order chi connectivity index (χ0) is 9.45. The van der Waals surface area contributed by atoms with Gasteiger partial charge in [-0.15, -0.1) is 0 Å². The molecular weight excluding hydrogens is 177 g/mol. The molecule has 0 aliphatic carbocycles. The highest BCUT2D eigenvalue weighted by atomic mass is 19.4. The van der Waals surface area contributed by atoms with E-state index < -0.39 is 12.8 Å². The Hall–Kier alpha value is -0.330. The maximum absolute atomic E-state index is 11.4. The van der Waals surface area contributed by atoms with Gasteiger partial charge >= 0.3 is 6.18 Å². The molecule has 0 aromatic carbocycles. The summed E-state index contributed by atoms with van der Waals surface area (Å²) in [6.45, 7) is -1.76. The Balaban J connectivity index is 3.01. The first-order valence-electron chi connectivity index (χ1n) is 3.36. The van der Waals surface area contributed by atoms with Gasteiger partial charge in [0.1, 0.15) is 13.2 Å². The minimum absolute atomic E-state index is 0.00930. The van der Waals surface area contributed by atoms with E-state index >= 15 is 0 Å². The van der Waals surface area contributed by atoms with E-state index in [2.05, 4.69) is 9.47 Å². The molecule has 0 saturated heterocycles. The van der Waals surface area contributed by atoms with Crippen LogP contribution in [-0.2, 0) is 14.6 Å². The SMILES string of the molecule is [O]CCOCCOCC(F)(F)F. The average molecular weight is 187 g/mol. The van der Waals surface area contributed by atoms with E-state index in [1.165, 1.54) is 0 Å². The van der Waals surface area contributed by atoms with Gasteiger partial charge in [-0.2, -0.15) is 13.2 Å². The molecule has 0 amide bonds. The van der Waals surface area contributed by atoms with Crippen molar-refractivity contribution in [3.05, 3.63) is 0 Å². The van der Waals surface area contributed by atoms with Crippen molar-refractivity contribution in [2.45, 2.75) is 6.18 Å². The lowest BCUT2D eigenvalue weighted by Gasteiger charge is -2.06. The van der Waals surface area contributed by atoms with Crippen molar-refractivity contribution in [2.24, 2.45) is 0 Å². The summed E-state index contributed by atoms with van der Waals surface area (Å²) in [5, 5.41) is 9.78. The first-order chi connectivity index (χ1) is 5.56. The van der Waals surface area contributed by atoms with Crippen LogP contribution >= 0.6 is 0 Å². The summed E-state index contributed by atoms with van der Waals surface area (Å²) in [5.74, 6) is 0. The number of hydrogen-bond acceptors (Lipinski definition) is 2. The second kappa shape index (κ2) is 6.22. The summed E-state index contributed by atoms with van der Waals surface area (Å²) < 4.78 is 43.0. The summed E-state index contributed by atoms with van der Waals surface area (Å²) in [4.78, 5) is 0. The molecule has 0 aromatic rings. The van der Waals surface area contributed by atoms with Crippen LogP contribution in [0.1, 0.15) is 0 Å². The zero-order valence-corrected chi connectivity index (χ0v) is 6.39. The normalized spacial score (nSPS) is 12.0. The number of ether oxygens (including phenoxy) is 2. The molecule has 12 heavy (non-hydrogen) atoms. The first-order valence-corrected chi connectivity index (χ1v) is 3.36. The van der Waals surface area contributed by atoms with Crippen molar-refractivity contribution < 1.29 is 27.8 Å². The van der Waals surface area contributed by atoms with E-state index in [0.29, 0.717) is 0 Å². The third-order valence-corrected chi connectivity index (χ3v) is 0.865. The Bertz CT molecular complexity index is 105. The molecule has 73 valence electrons. The molecule has 0 aliphatic rings. The third-order valence-electron chi connectivity index (χ3n) is 0.865. The average Bonchev–Trinajstić information content (AvgIpc) is 1.94. The van der Waals surface area contributed by atoms with Crippen LogP contribution in [0.4, 0.5) is 13.2 Å². The number of hydrogen-bond donors (Lipinski definition) is 0. The van der Waals surface area contributed by atoms with Crippen molar-refractivity contribution >= 4 is 0 Å². The van der Waals surface area contributed by atoms with Crippen molar-refractivity contribution in [3.8, 4) is 0 Å². The summed E-state index contributed by atoms with van der Waals surface area (Å²) in [6.07, 6.45) is -4.29. The summed E-state index contributed by atoms with van der Waals surface area (Å²) in [7, 11) is 0. The lowest BCUT2D eigenvalue weighted by molar-refractivity contribution is -0.176. The van der Waals surface area contributed by atoms with E-state index in [1.807, 2.05) is 0 Å². The maximum atomic E-state index is 11.4. The molecule has 0 unspecified atom stereocenters. The molecule has 0 aromatic heterocycles. The van der Waals surface area contributed by atoms with Crippen molar-refractivity contribution in [3.63, 3.8) is 0 Å². The van der Waals surface area contributed by atoms with Gasteiger partial charge in [-0.25, -0.2) is 5.11 Å². The van der Waals surface area contributed by atoms with E-state index in [-0.39, 0.29) is 26.4 Å². The molecule has 6 heteroatoms. The molecule has 0 atom stereocenters. The molecular formula is C6H10F3O3. The van der Waals surface area contributed by atoms with E-state index in [1.54, 1.807) is 0 Å². The van der Waals surface area contributed by atoms with Gasteiger partial charge in [-0.3, -0.25) is 0 Å². The fraction of sp³-hybridized carbons (Fsp3) is 1.00. The van der Waals surface area contributed by atoms with Crippen molar-refractivity contribution in [1.29, 1.82) is 0 Å². The second-order valence-corrected chi connectivity index (χ2v) is 1.98. The molecule has 0 rings (SSSR count). The number of rotatable bonds is 6. The second-order valence-electron chi connectivity index (χ2n) is 1.98. The summed E-state index contributed by atoms with van der Waals surface area (Å²) in [6, 6.07) is 0. The monoisotopic (exact) mass is 187 g/mol. The minimum Gasteiger partial charge on any atom is -0.377 e. The van der Waals surface area contributed by atoms with Crippen LogP contribution in [0.15, 0.2) is 0 Å². The fourth-order valence-electron chi connectivity index (χ4n) is 0.467.